The Morgan fingerprint density at radius 3 is 2.29 bits per heavy atom. The predicted molar refractivity (Wildman–Crippen MR) is 117 cm³/mol. The Labute approximate surface area is 164 Å². The van der Waals surface area contributed by atoms with Crippen molar-refractivity contribution in [2.45, 2.75) is 20.8 Å². The smallest absolute Gasteiger partial charge is 0.0935 e. The van der Waals surface area contributed by atoms with Crippen molar-refractivity contribution in [2.24, 2.45) is 20.5 Å². The zero-order valence-electron chi connectivity index (χ0n) is 16.6. The van der Waals surface area contributed by atoms with Gasteiger partial charge in [0.1, 0.15) is 0 Å². The molecule has 28 heavy (non-hydrogen) atoms. The standard InChI is InChI=1S/C24H22N4/c1-15-10-16(2)21-9-8-20(13-19(21)11-15)26-28-23-7-5-6-18-14-24(27-25-4)17(3)12-22(18)23/h5-14H,1-4H3. The zero-order valence-corrected chi connectivity index (χ0v) is 16.6. The molecule has 0 amide bonds. The van der Waals surface area contributed by atoms with E-state index in [0.717, 1.165) is 33.4 Å². The van der Waals surface area contributed by atoms with E-state index in [2.05, 4.69) is 70.7 Å². The Kier molecular flexibility index (Phi) is 4.70. The molecule has 0 aliphatic carbocycles. The van der Waals surface area contributed by atoms with Crippen molar-refractivity contribution >= 4 is 38.6 Å². The summed E-state index contributed by atoms with van der Waals surface area (Å²) in [7, 11) is 1.68. The third-order valence-electron chi connectivity index (χ3n) is 4.94. The lowest BCUT2D eigenvalue weighted by Crippen LogP contribution is -1.81. The van der Waals surface area contributed by atoms with E-state index < -0.39 is 0 Å². The largest absolute Gasteiger partial charge is 0.192 e. The molecular formula is C24H22N4. The molecule has 4 aromatic rings. The van der Waals surface area contributed by atoms with Gasteiger partial charge in [-0.15, -0.1) is 5.11 Å². The fourth-order valence-electron chi connectivity index (χ4n) is 3.62. The van der Waals surface area contributed by atoms with Gasteiger partial charge in [0.25, 0.3) is 0 Å². The van der Waals surface area contributed by atoms with Crippen LogP contribution in [0.5, 0.6) is 0 Å². The molecular weight excluding hydrogens is 344 g/mol. The van der Waals surface area contributed by atoms with Crippen LogP contribution in [-0.2, 0) is 0 Å². The first-order valence-corrected chi connectivity index (χ1v) is 9.31. The van der Waals surface area contributed by atoms with Crippen molar-refractivity contribution in [1.29, 1.82) is 0 Å². The van der Waals surface area contributed by atoms with Crippen molar-refractivity contribution in [3.63, 3.8) is 0 Å². The Morgan fingerprint density at radius 2 is 1.46 bits per heavy atom. The third kappa shape index (κ3) is 3.41. The number of hydrogen-bond acceptors (Lipinski definition) is 4. The molecule has 0 spiro atoms. The fraction of sp³-hybridized carbons (Fsp3) is 0.167. The Morgan fingerprint density at radius 1 is 0.607 bits per heavy atom. The van der Waals surface area contributed by atoms with E-state index in [-0.39, 0.29) is 0 Å². The van der Waals surface area contributed by atoms with E-state index in [1.165, 1.54) is 21.9 Å². The molecule has 0 atom stereocenters. The Balaban J connectivity index is 1.76. The molecule has 0 aliphatic heterocycles. The second-order valence-electron chi connectivity index (χ2n) is 7.12. The van der Waals surface area contributed by atoms with Gasteiger partial charge in [0.05, 0.1) is 17.1 Å². The molecule has 0 aliphatic rings. The van der Waals surface area contributed by atoms with Crippen LogP contribution < -0.4 is 0 Å². The van der Waals surface area contributed by atoms with Gasteiger partial charge in [-0.2, -0.15) is 15.3 Å². The van der Waals surface area contributed by atoms with E-state index in [0.29, 0.717) is 0 Å². The summed E-state index contributed by atoms with van der Waals surface area (Å²) < 4.78 is 0. The van der Waals surface area contributed by atoms with Crippen molar-refractivity contribution in [3.8, 4) is 0 Å². The van der Waals surface area contributed by atoms with Crippen LogP contribution in [-0.4, -0.2) is 7.05 Å². The molecule has 0 N–H and O–H groups in total. The highest BCUT2D eigenvalue weighted by Gasteiger charge is 2.05. The average Bonchev–Trinajstić information content (AvgIpc) is 2.67. The fourth-order valence-corrected chi connectivity index (χ4v) is 3.62. The summed E-state index contributed by atoms with van der Waals surface area (Å²) in [6.45, 7) is 6.29. The number of benzene rings is 4. The number of aryl methyl sites for hydroxylation is 3. The van der Waals surface area contributed by atoms with Crippen LogP contribution in [0.25, 0.3) is 21.5 Å². The van der Waals surface area contributed by atoms with E-state index in [9.17, 15) is 0 Å². The van der Waals surface area contributed by atoms with Crippen LogP contribution in [0.1, 0.15) is 16.7 Å². The molecule has 4 aromatic carbocycles. The second kappa shape index (κ2) is 7.31. The van der Waals surface area contributed by atoms with E-state index in [1.54, 1.807) is 7.05 Å². The molecule has 0 bridgehead atoms. The summed E-state index contributed by atoms with van der Waals surface area (Å²) in [4.78, 5) is 0. The summed E-state index contributed by atoms with van der Waals surface area (Å²) in [5, 5.41) is 21.7. The van der Waals surface area contributed by atoms with Crippen LogP contribution in [0.3, 0.4) is 0 Å². The van der Waals surface area contributed by atoms with Crippen molar-refractivity contribution in [1.82, 2.24) is 0 Å². The lowest BCUT2D eigenvalue weighted by molar-refractivity contribution is 1.16. The van der Waals surface area contributed by atoms with Gasteiger partial charge in [-0.3, -0.25) is 0 Å². The highest BCUT2D eigenvalue weighted by Crippen LogP contribution is 2.33. The first-order valence-electron chi connectivity index (χ1n) is 9.31. The number of nitrogens with zero attached hydrogens (tertiary/aromatic N) is 4. The molecule has 0 heterocycles. The molecule has 0 saturated heterocycles. The predicted octanol–water partition coefficient (Wildman–Crippen LogP) is 8.05. The minimum Gasteiger partial charge on any atom is -0.192 e. The second-order valence-corrected chi connectivity index (χ2v) is 7.12. The maximum Gasteiger partial charge on any atom is 0.0935 e. The van der Waals surface area contributed by atoms with Crippen molar-refractivity contribution in [2.75, 3.05) is 7.05 Å². The number of azo groups is 2. The highest BCUT2D eigenvalue weighted by molar-refractivity contribution is 5.95. The molecule has 0 unspecified atom stereocenters. The quantitative estimate of drug-likeness (QED) is 0.329. The van der Waals surface area contributed by atoms with Gasteiger partial charge in [0, 0.05) is 12.4 Å². The molecule has 0 fully saturated rings. The van der Waals surface area contributed by atoms with Crippen LogP contribution in [0.2, 0.25) is 0 Å². The van der Waals surface area contributed by atoms with Crippen molar-refractivity contribution < 1.29 is 0 Å². The molecule has 4 nitrogen and oxygen atoms in total. The van der Waals surface area contributed by atoms with Gasteiger partial charge in [-0.05, 0) is 78.4 Å². The maximum atomic E-state index is 4.54. The highest BCUT2D eigenvalue weighted by atomic mass is 15.1. The van der Waals surface area contributed by atoms with Gasteiger partial charge in [-0.25, -0.2) is 0 Å². The minimum absolute atomic E-state index is 0.848. The third-order valence-corrected chi connectivity index (χ3v) is 4.94. The van der Waals surface area contributed by atoms with Gasteiger partial charge in [0.15, 0.2) is 0 Å². The average molecular weight is 366 g/mol. The lowest BCUT2D eigenvalue weighted by Gasteiger charge is -2.06. The van der Waals surface area contributed by atoms with Crippen LogP contribution in [0.4, 0.5) is 17.1 Å². The van der Waals surface area contributed by atoms with E-state index >= 15 is 0 Å². The summed E-state index contributed by atoms with van der Waals surface area (Å²) >= 11 is 0. The van der Waals surface area contributed by atoms with E-state index in [4.69, 9.17) is 0 Å². The van der Waals surface area contributed by atoms with Gasteiger partial charge < -0.3 is 0 Å². The van der Waals surface area contributed by atoms with Gasteiger partial charge in [-0.1, -0.05) is 35.9 Å². The van der Waals surface area contributed by atoms with E-state index in [1.807, 2.05) is 31.2 Å². The van der Waals surface area contributed by atoms with Crippen molar-refractivity contribution in [3.05, 3.63) is 77.4 Å². The number of rotatable bonds is 3. The summed E-state index contributed by atoms with van der Waals surface area (Å²) in [5.41, 5.74) is 6.18. The Hall–Kier alpha value is -3.40. The minimum atomic E-state index is 0.848. The molecule has 4 rings (SSSR count). The molecule has 4 heteroatoms. The molecule has 0 saturated carbocycles. The summed E-state index contributed by atoms with van der Waals surface area (Å²) in [5.74, 6) is 0. The molecule has 0 radical (unpaired) electrons. The van der Waals surface area contributed by atoms with Crippen LogP contribution in [0, 0.1) is 20.8 Å². The number of fused-ring (bicyclic) bond motifs is 2. The topological polar surface area (TPSA) is 49.4 Å². The zero-order chi connectivity index (χ0) is 19.7. The number of hydrogen-bond donors (Lipinski definition) is 0. The molecule has 138 valence electrons. The SMILES string of the molecule is CN=Nc1cc2cccc(N=Nc3ccc4c(C)cc(C)cc4c3)c2cc1C. The molecule has 0 aromatic heterocycles. The normalized spacial score (nSPS) is 12.0. The lowest BCUT2D eigenvalue weighted by atomic mass is 10.0. The van der Waals surface area contributed by atoms with Crippen LogP contribution in [0.15, 0.2) is 81.1 Å². The first kappa shape index (κ1) is 18.0. The summed E-state index contributed by atoms with van der Waals surface area (Å²) in [6.07, 6.45) is 0. The first-order chi connectivity index (χ1) is 13.5. The van der Waals surface area contributed by atoms with Gasteiger partial charge in [0.2, 0.25) is 0 Å². The monoisotopic (exact) mass is 366 g/mol. The summed E-state index contributed by atoms with van der Waals surface area (Å²) in [6, 6.07) is 20.8. The van der Waals surface area contributed by atoms with Gasteiger partial charge >= 0.3 is 0 Å². The van der Waals surface area contributed by atoms with Crippen LogP contribution >= 0.6 is 0 Å². The maximum absolute atomic E-state index is 4.54. The Bertz CT molecular complexity index is 1250.